The molecule has 0 saturated heterocycles. The minimum atomic E-state index is -4.41. The number of hydrogen-bond acceptors (Lipinski definition) is 2. The number of carbonyl (C=O) groups excluding carboxylic acids is 1. The van der Waals surface area contributed by atoms with Gasteiger partial charge in [0.15, 0.2) is 0 Å². The summed E-state index contributed by atoms with van der Waals surface area (Å²) < 4.78 is 37.2. The molecular formula is C13H15F3N4O. The van der Waals surface area contributed by atoms with Gasteiger partial charge in [-0.2, -0.15) is 13.2 Å². The van der Waals surface area contributed by atoms with Gasteiger partial charge >= 0.3 is 12.2 Å². The fourth-order valence-corrected chi connectivity index (χ4v) is 1.93. The average Bonchev–Trinajstić information content (AvgIpc) is 3.19. The van der Waals surface area contributed by atoms with Crippen LogP contribution in [0.25, 0.3) is 0 Å². The zero-order valence-corrected chi connectivity index (χ0v) is 11.0. The van der Waals surface area contributed by atoms with E-state index in [-0.39, 0.29) is 17.4 Å². The molecule has 1 aliphatic rings. The Labute approximate surface area is 119 Å². The van der Waals surface area contributed by atoms with E-state index < -0.39 is 23.8 Å². The van der Waals surface area contributed by atoms with E-state index in [2.05, 4.69) is 10.6 Å². The summed E-state index contributed by atoms with van der Waals surface area (Å²) >= 11 is 0. The van der Waals surface area contributed by atoms with E-state index in [1.165, 1.54) is 12.1 Å². The normalized spacial score (nSPS) is 16.1. The van der Waals surface area contributed by atoms with Crippen molar-refractivity contribution in [1.29, 1.82) is 5.41 Å². The number of carbonyl (C=O) groups is 1. The largest absolute Gasteiger partial charge is 0.416 e. The van der Waals surface area contributed by atoms with Crippen molar-refractivity contribution in [2.75, 3.05) is 5.32 Å². The highest BCUT2D eigenvalue weighted by Gasteiger charge is 2.34. The molecule has 5 N–H and O–H groups in total. The van der Waals surface area contributed by atoms with E-state index in [0.717, 1.165) is 25.0 Å². The van der Waals surface area contributed by atoms with Gasteiger partial charge in [0.2, 0.25) is 0 Å². The number of amides is 2. The smallest absolute Gasteiger partial charge is 0.386 e. The molecule has 2 amide bonds. The van der Waals surface area contributed by atoms with Crippen molar-refractivity contribution < 1.29 is 18.0 Å². The summed E-state index contributed by atoms with van der Waals surface area (Å²) in [7, 11) is 0. The number of halogens is 3. The number of urea groups is 1. The van der Waals surface area contributed by atoms with Crippen LogP contribution in [0.5, 0.6) is 0 Å². The second-order valence-corrected chi connectivity index (χ2v) is 4.94. The number of nitrogens with one attached hydrogen (secondary N) is 3. The second kappa shape index (κ2) is 5.63. The van der Waals surface area contributed by atoms with Gasteiger partial charge in [-0.3, -0.25) is 5.41 Å². The molecule has 0 bridgehead atoms. The van der Waals surface area contributed by atoms with Crippen LogP contribution in [0.4, 0.5) is 23.7 Å². The lowest BCUT2D eigenvalue weighted by Crippen LogP contribution is -2.47. The molecule has 1 aromatic rings. The molecule has 0 spiro atoms. The van der Waals surface area contributed by atoms with E-state index in [1.54, 1.807) is 0 Å². The average molecular weight is 300 g/mol. The monoisotopic (exact) mass is 300 g/mol. The molecule has 1 fully saturated rings. The summed E-state index contributed by atoms with van der Waals surface area (Å²) in [6, 6.07) is 2.99. The maximum atomic E-state index is 12.4. The van der Waals surface area contributed by atoms with Crippen molar-refractivity contribution in [1.82, 2.24) is 5.32 Å². The van der Waals surface area contributed by atoms with Crippen LogP contribution < -0.4 is 16.4 Å². The van der Waals surface area contributed by atoms with Gasteiger partial charge in [0, 0.05) is 5.69 Å². The van der Waals surface area contributed by atoms with E-state index in [0.29, 0.717) is 0 Å². The molecule has 0 heterocycles. The Bertz CT molecular complexity index is 537. The quantitative estimate of drug-likeness (QED) is 0.508. The summed E-state index contributed by atoms with van der Waals surface area (Å²) in [5, 5.41) is 12.4. The first-order valence-electron chi connectivity index (χ1n) is 6.36. The van der Waals surface area contributed by atoms with Crippen molar-refractivity contribution in [3.8, 4) is 0 Å². The number of alkyl halides is 3. The lowest BCUT2D eigenvalue weighted by molar-refractivity contribution is -0.137. The van der Waals surface area contributed by atoms with E-state index in [9.17, 15) is 18.0 Å². The molecule has 21 heavy (non-hydrogen) atoms. The van der Waals surface area contributed by atoms with Crippen LogP contribution in [-0.4, -0.2) is 17.9 Å². The summed E-state index contributed by atoms with van der Waals surface area (Å²) in [6.07, 6.45) is -2.62. The molecule has 2 rings (SSSR count). The van der Waals surface area contributed by atoms with Crippen molar-refractivity contribution in [3.05, 3.63) is 29.8 Å². The molecule has 0 aliphatic heterocycles. The number of benzene rings is 1. The topological polar surface area (TPSA) is 91.0 Å². The van der Waals surface area contributed by atoms with Gasteiger partial charge in [-0.25, -0.2) is 4.79 Å². The standard InChI is InChI=1S/C13H15F3N4O/c14-13(15,16)8-3-5-9(6-4-8)19-12(21)20-10(11(17)18)7-1-2-7/h3-7,10H,1-2H2,(H3,17,18)(H2,19,20,21). The summed E-state index contributed by atoms with van der Waals surface area (Å²) in [5.74, 6) is 0.0425. The van der Waals surface area contributed by atoms with E-state index in [4.69, 9.17) is 11.1 Å². The van der Waals surface area contributed by atoms with Gasteiger partial charge in [0.1, 0.15) is 5.84 Å². The maximum Gasteiger partial charge on any atom is 0.416 e. The molecular weight excluding hydrogens is 285 g/mol. The van der Waals surface area contributed by atoms with Crippen LogP contribution in [0.2, 0.25) is 0 Å². The van der Waals surface area contributed by atoms with Crippen molar-refractivity contribution in [3.63, 3.8) is 0 Å². The third kappa shape index (κ3) is 4.11. The zero-order valence-electron chi connectivity index (χ0n) is 11.0. The SMILES string of the molecule is N=C(N)C(NC(=O)Nc1ccc(C(F)(F)F)cc1)C1CC1. The summed E-state index contributed by atoms with van der Waals surface area (Å²) in [5.41, 5.74) is 4.85. The summed E-state index contributed by atoms with van der Waals surface area (Å²) in [6.45, 7) is 0. The van der Waals surface area contributed by atoms with Crippen LogP contribution in [0.15, 0.2) is 24.3 Å². The number of hydrogen-bond donors (Lipinski definition) is 4. The third-order valence-corrected chi connectivity index (χ3v) is 3.19. The van der Waals surface area contributed by atoms with Gasteiger partial charge in [0.25, 0.3) is 0 Å². The highest BCUT2D eigenvalue weighted by molar-refractivity contribution is 5.94. The molecule has 8 heteroatoms. The van der Waals surface area contributed by atoms with E-state index in [1.807, 2.05) is 0 Å². The van der Waals surface area contributed by atoms with Crippen LogP contribution >= 0.6 is 0 Å². The molecule has 114 valence electrons. The van der Waals surface area contributed by atoms with Crippen LogP contribution in [-0.2, 0) is 6.18 Å². The Balaban J connectivity index is 1.94. The molecule has 1 saturated carbocycles. The predicted octanol–water partition coefficient (Wildman–Crippen LogP) is 2.54. The third-order valence-electron chi connectivity index (χ3n) is 3.19. The molecule has 1 atom stereocenters. The Morgan fingerprint density at radius 1 is 1.29 bits per heavy atom. The predicted molar refractivity (Wildman–Crippen MR) is 72.0 cm³/mol. The minimum Gasteiger partial charge on any atom is -0.386 e. The molecule has 1 aromatic carbocycles. The fourth-order valence-electron chi connectivity index (χ4n) is 1.93. The molecule has 1 unspecified atom stereocenters. The van der Waals surface area contributed by atoms with Crippen molar-refractivity contribution >= 4 is 17.6 Å². The first-order valence-corrected chi connectivity index (χ1v) is 6.36. The van der Waals surface area contributed by atoms with Crippen LogP contribution in [0, 0.1) is 11.3 Å². The van der Waals surface area contributed by atoms with Crippen molar-refractivity contribution in [2.24, 2.45) is 11.7 Å². The first-order chi connectivity index (χ1) is 9.77. The van der Waals surface area contributed by atoms with Crippen LogP contribution in [0.3, 0.4) is 0 Å². The van der Waals surface area contributed by atoms with Gasteiger partial charge in [-0.05, 0) is 43.0 Å². The molecule has 0 radical (unpaired) electrons. The molecule has 5 nitrogen and oxygen atoms in total. The Kier molecular flexibility index (Phi) is 4.06. The highest BCUT2D eigenvalue weighted by Crippen LogP contribution is 2.32. The van der Waals surface area contributed by atoms with Gasteiger partial charge < -0.3 is 16.4 Å². The first kappa shape index (κ1) is 15.1. The lowest BCUT2D eigenvalue weighted by Gasteiger charge is -2.17. The number of rotatable bonds is 4. The Morgan fingerprint density at radius 3 is 2.29 bits per heavy atom. The van der Waals surface area contributed by atoms with Crippen LogP contribution in [0.1, 0.15) is 18.4 Å². The number of amidine groups is 1. The summed E-state index contributed by atoms with van der Waals surface area (Å²) in [4.78, 5) is 11.7. The fraction of sp³-hybridized carbons (Fsp3) is 0.385. The lowest BCUT2D eigenvalue weighted by atomic mass is 10.1. The van der Waals surface area contributed by atoms with Gasteiger partial charge in [0.05, 0.1) is 11.6 Å². The molecule has 1 aliphatic carbocycles. The van der Waals surface area contributed by atoms with Gasteiger partial charge in [-0.1, -0.05) is 0 Å². The number of nitrogens with two attached hydrogens (primary N) is 1. The number of anilines is 1. The second-order valence-electron chi connectivity index (χ2n) is 4.94. The van der Waals surface area contributed by atoms with E-state index >= 15 is 0 Å². The van der Waals surface area contributed by atoms with Crippen molar-refractivity contribution in [2.45, 2.75) is 25.1 Å². The maximum absolute atomic E-state index is 12.4. The Morgan fingerprint density at radius 2 is 1.86 bits per heavy atom. The van der Waals surface area contributed by atoms with Gasteiger partial charge in [-0.15, -0.1) is 0 Å². The highest BCUT2D eigenvalue weighted by atomic mass is 19.4. The molecule has 0 aromatic heterocycles. The zero-order chi connectivity index (χ0) is 15.6. The minimum absolute atomic E-state index is 0.125. The Hall–Kier alpha value is -2.25.